The number of carbonyl (C=O) groups is 1. The standard InChI is InChI=1S/C14H17ClN2O3/c15-10-2-1-3-12(8-10)16-14(18)9-20-13-6-4-11(17-19)5-7-13/h1-3,8,13,19H,4-7,9H2,(H,16,18). The lowest BCUT2D eigenvalue weighted by molar-refractivity contribution is -0.122. The van der Waals surface area contributed by atoms with Gasteiger partial charge in [0.05, 0.1) is 11.8 Å². The van der Waals surface area contributed by atoms with E-state index in [1.165, 1.54) is 0 Å². The van der Waals surface area contributed by atoms with Crippen LogP contribution in [0.15, 0.2) is 29.4 Å². The molecule has 1 amide bonds. The first-order valence-corrected chi connectivity index (χ1v) is 6.92. The van der Waals surface area contributed by atoms with Gasteiger partial charge in [0.2, 0.25) is 5.91 Å². The van der Waals surface area contributed by atoms with Crippen molar-refractivity contribution in [3.8, 4) is 0 Å². The number of ether oxygens (including phenoxy) is 1. The number of halogens is 1. The lowest BCUT2D eigenvalue weighted by Crippen LogP contribution is -2.26. The summed E-state index contributed by atoms with van der Waals surface area (Å²) in [5, 5.41) is 15.2. The molecule has 1 aliphatic rings. The fourth-order valence-corrected chi connectivity index (χ4v) is 2.34. The van der Waals surface area contributed by atoms with Crippen molar-refractivity contribution in [2.24, 2.45) is 5.16 Å². The number of benzene rings is 1. The zero-order chi connectivity index (χ0) is 14.4. The van der Waals surface area contributed by atoms with Crippen molar-refractivity contribution in [1.82, 2.24) is 0 Å². The van der Waals surface area contributed by atoms with Crippen molar-refractivity contribution < 1.29 is 14.7 Å². The van der Waals surface area contributed by atoms with Crippen molar-refractivity contribution in [1.29, 1.82) is 0 Å². The van der Waals surface area contributed by atoms with E-state index in [4.69, 9.17) is 21.5 Å². The molecule has 1 aromatic carbocycles. The minimum absolute atomic E-state index is 0.0166. The average Bonchev–Trinajstić information content (AvgIpc) is 2.46. The molecule has 0 atom stereocenters. The first kappa shape index (κ1) is 14.8. The molecule has 0 bridgehead atoms. The normalized spacial score (nSPS) is 18.6. The predicted octanol–water partition coefficient (Wildman–Crippen LogP) is 3.07. The highest BCUT2D eigenvalue weighted by Crippen LogP contribution is 2.19. The fraction of sp³-hybridized carbons (Fsp3) is 0.429. The molecule has 108 valence electrons. The Kier molecular flexibility index (Phi) is 5.38. The molecule has 0 spiro atoms. The molecule has 20 heavy (non-hydrogen) atoms. The van der Waals surface area contributed by atoms with E-state index in [0.29, 0.717) is 10.7 Å². The summed E-state index contributed by atoms with van der Waals surface area (Å²) in [4.78, 5) is 11.7. The topological polar surface area (TPSA) is 70.9 Å². The van der Waals surface area contributed by atoms with Crippen LogP contribution < -0.4 is 5.32 Å². The molecular weight excluding hydrogens is 280 g/mol. The molecule has 1 aromatic rings. The van der Waals surface area contributed by atoms with E-state index in [0.717, 1.165) is 31.4 Å². The Morgan fingerprint density at radius 3 is 2.85 bits per heavy atom. The van der Waals surface area contributed by atoms with Gasteiger partial charge in [0.15, 0.2) is 0 Å². The summed E-state index contributed by atoms with van der Waals surface area (Å²) in [6, 6.07) is 6.98. The first-order chi connectivity index (χ1) is 9.67. The van der Waals surface area contributed by atoms with Gasteiger partial charge in [-0.05, 0) is 43.9 Å². The van der Waals surface area contributed by atoms with E-state index in [1.54, 1.807) is 24.3 Å². The van der Waals surface area contributed by atoms with Crippen LogP contribution >= 0.6 is 11.6 Å². The van der Waals surface area contributed by atoms with Crippen molar-refractivity contribution in [2.45, 2.75) is 31.8 Å². The maximum atomic E-state index is 11.7. The number of amides is 1. The highest BCUT2D eigenvalue weighted by atomic mass is 35.5. The number of carbonyl (C=O) groups excluding carboxylic acids is 1. The molecule has 1 fully saturated rings. The Hall–Kier alpha value is -1.59. The van der Waals surface area contributed by atoms with Crippen molar-refractivity contribution in [3.63, 3.8) is 0 Å². The Bertz CT molecular complexity index is 495. The average molecular weight is 297 g/mol. The minimum Gasteiger partial charge on any atom is -0.411 e. The van der Waals surface area contributed by atoms with Crippen LogP contribution in [-0.2, 0) is 9.53 Å². The monoisotopic (exact) mass is 296 g/mol. The molecular formula is C14H17ClN2O3. The maximum Gasteiger partial charge on any atom is 0.250 e. The number of oxime groups is 1. The quantitative estimate of drug-likeness (QED) is 0.662. The predicted molar refractivity (Wildman–Crippen MR) is 77.5 cm³/mol. The molecule has 2 N–H and O–H groups in total. The van der Waals surface area contributed by atoms with E-state index in [-0.39, 0.29) is 18.6 Å². The zero-order valence-electron chi connectivity index (χ0n) is 11.0. The van der Waals surface area contributed by atoms with Gasteiger partial charge in [0.1, 0.15) is 6.61 Å². The van der Waals surface area contributed by atoms with Crippen LogP contribution in [0.4, 0.5) is 5.69 Å². The number of anilines is 1. The Morgan fingerprint density at radius 2 is 2.20 bits per heavy atom. The second kappa shape index (κ2) is 7.26. The Balaban J connectivity index is 1.73. The van der Waals surface area contributed by atoms with Crippen LogP contribution in [0.3, 0.4) is 0 Å². The summed E-state index contributed by atoms with van der Waals surface area (Å²) in [6.45, 7) is 0.0166. The lowest BCUT2D eigenvalue weighted by Gasteiger charge is -2.22. The summed E-state index contributed by atoms with van der Waals surface area (Å²) < 4.78 is 5.56. The number of nitrogens with zero attached hydrogens (tertiary/aromatic N) is 1. The summed E-state index contributed by atoms with van der Waals surface area (Å²) in [5.41, 5.74) is 1.46. The fourth-order valence-electron chi connectivity index (χ4n) is 2.15. The first-order valence-electron chi connectivity index (χ1n) is 6.54. The van der Waals surface area contributed by atoms with Gasteiger partial charge in [-0.1, -0.05) is 22.8 Å². The van der Waals surface area contributed by atoms with E-state index in [1.807, 2.05) is 0 Å². The molecule has 0 heterocycles. The van der Waals surface area contributed by atoms with Crippen LogP contribution in [0.5, 0.6) is 0 Å². The van der Waals surface area contributed by atoms with Gasteiger partial charge in [0, 0.05) is 10.7 Å². The van der Waals surface area contributed by atoms with Crippen molar-refractivity contribution in [3.05, 3.63) is 29.3 Å². The third-order valence-electron chi connectivity index (χ3n) is 3.21. The van der Waals surface area contributed by atoms with E-state index in [9.17, 15) is 4.79 Å². The van der Waals surface area contributed by atoms with Gasteiger partial charge < -0.3 is 15.3 Å². The van der Waals surface area contributed by atoms with Crippen LogP contribution in [0.2, 0.25) is 5.02 Å². The van der Waals surface area contributed by atoms with Crippen LogP contribution in [0.1, 0.15) is 25.7 Å². The van der Waals surface area contributed by atoms with Gasteiger partial charge >= 0.3 is 0 Å². The van der Waals surface area contributed by atoms with Crippen LogP contribution in [-0.4, -0.2) is 29.5 Å². The molecule has 6 heteroatoms. The van der Waals surface area contributed by atoms with Gasteiger partial charge in [-0.3, -0.25) is 4.79 Å². The molecule has 0 unspecified atom stereocenters. The summed E-state index contributed by atoms with van der Waals surface area (Å²) in [7, 11) is 0. The molecule has 1 saturated carbocycles. The Morgan fingerprint density at radius 1 is 1.45 bits per heavy atom. The van der Waals surface area contributed by atoms with E-state index in [2.05, 4.69) is 10.5 Å². The molecule has 0 radical (unpaired) electrons. The molecule has 1 aliphatic carbocycles. The maximum absolute atomic E-state index is 11.7. The number of hydrogen-bond donors (Lipinski definition) is 2. The largest absolute Gasteiger partial charge is 0.411 e. The van der Waals surface area contributed by atoms with Gasteiger partial charge in [-0.2, -0.15) is 0 Å². The van der Waals surface area contributed by atoms with Crippen LogP contribution in [0, 0.1) is 0 Å². The summed E-state index contributed by atoms with van der Waals surface area (Å²) >= 11 is 5.84. The van der Waals surface area contributed by atoms with Crippen molar-refractivity contribution >= 4 is 28.9 Å². The molecule has 2 rings (SSSR count). The zero-order valence-corrected chi connectivity index (χ0v) is 11.8. The summed E-state index contributed by atoms with van der Waals surface area (Å²) in [6.07, 6.45) is 3.05. The smallest absolute Gasteiger partial charge is 0.250 e. The highest BCUT2D eigenvalue weighted by Gasteiger charge is 2.19. The lowest BCUT2D eigenvalue weighted by atomic mass is 9.96. The second-order valence-corrected chi connectivity index (χ2v) is 5.17. The molecule has 0 aromatic heterocycles. The second-order valence-electron chi connectivity index (χ2n) is 4.74. The van der Waals surface area contributed by atoms with E-state index < -0.39 is 0 Å². The molecule has 0 aliphatic heterocycles. The highest BCUT2D eigenvalue weighted by molar-refractivity contribution is 6.30. The van der Waals surface area contributed by atoms with Crippen LogP contribution in [0.25, 0.3) is 0 Å². The summed E-state index contributed by atoms with van der Waals surface area (Å²) in [5.74, 6) is -0.200. The minimum atomic E-state index is -0.200. The molecule has 0 saturated heterocycles. The van der Waals surface area contributed by atoms with E-state index >= 15 is 0 Å². The number of hydrogen-bond acceptors (Lipinski definition) is 4. The SMILES string of the molecule is O=C(COC1CCC(=NO)CC1)Nc1cccc(Cl)c1. The number of nitrogens with one attached hydrogen (secondary N) is 1. The number of rotatable bonds is 4. The third-order valence-corrected chi connectivity index (χ3v) is 3.44. The van der Waals surface area contributed by atoms with Crippen molar-refractivity contribution in [2.75, 3.05) is 11.9 Å². The molecule has 5 nitrogen and oxygen atoms in total. The van der Waals surface area contributed by atoms with Gasteiger partial charge in [-0.15, -0.1) is 0 Å². The Labute approximate surface area is 122 Å². The third kappa shape index (κ3) is 4.51. The van der Waals surface area contributed by atoms with Gasteiger partial charge in [0.25, 0.3) is 0 Å². The van der Waals surface area contributed by atoms with Gasteiger partial charge in [-0.25, -0.2) is 0 Å².